The average Bonchev–Trinajstić information content (AvgIpc) is 2.40. The van der Waals surface area contributed by atoms with Gasteiger partial charge in [-0.3, -0.25) is 9.59 Å². The van der Waals surface area contributed by atoms with Crippen LogP contribution in [0, 0.1) is 0 Å². The second-order valence-electron chi connectivity index (χ2n) is 5.35. The number of carbonyl (C=O) groups excluding carboxylic acids is 2. The molecule has 0 saturated carbocycles. The van der Waals surface area contributed by atoms with Gasteiger partial charge in [-0.25, -0.2) is 0 Å². The van der Waals surface area contributed by atoms with Crippen LogP contribution in [0.15, 0.2) is 24.3 Å². The molecule has 1 saturated heterocycles. The number of nitrogens with zero attached hydrogens (tertiary/aromatic N) is 1. The van der Waals surface area contributed by atoms with E-state index in [-0.39, 0.29) is 24.6 Å². The first-order chi connectivity index (χ1) is 9.64. The maximum absolute atomic E-state index is 12.7. The summed E-state index contributed by atoms with van der Waals surface area (Å²) >= 11 is 0. The summed E-state index contributed by atoms with van der Waals surface area (Å²) in [5.41, 5.74) is -2.05. The fourth-order valence-corrected chi connectivity index (χ4v) is 2.24. The van der Waals surface area contributed by atoms with Gasteiger partial charge in [0.2, 0.25) is 5.91 Å². The number of hydrogen-bond donors (Lipinski definition) is 1. The first-order valence-electron chi connectivity index (χ1n) is 6.41. The number of piperazine rings is 1. The van der Waals surface area contributed by atoms with Gasteiger partial charge in [0, 0.05) is 18.7 Å². The molecule has 1 aliphatic heterocycles. The maximum Gasteiger partial charge on any atom is 0.416 e. The molecular weight excluding hydrogens is 285 g/mol. The molecule has 1 aliphatic rings. The van der Waals surface area contributed by atoms with Crippen molar-refractivity contribution in [2.75, 3.05) is 13.1 Å². The molecule has 7 heteroatoms. The van der Waals surface area contributed by atoms with Crippen molar-refractivity contribution in [1.82, 2.24) is 10.2 Å². The second-order valence-corrected chi connectivity index (χ2v) is 5.35. The fraction of sp³-hybridized carbons (Fsp3) is 0.429. The van der Waals surface area contributed by atoms with E-state index in [4.69, 9.17) is 0 Å². The van der Waals surface area contributed by atoms with E-state index in [0.717, 1.165) is 12.1 Å². The van der Waals surface area contributed by atoms with Crippen molar-refractivity contribution in [2.24, 2.45) is 0 Å². The lowest BCUT2D eigenvalue weighted by Gasteiger charge is -2.41. The van der Waals surface area contributed by atoms with Gasteiger partial charge in [-0.05, 0) is 32.0 Å². The molecule has 0 radical (unpaired) electrons. The fourth-order valence-electron chi connectivity index (χ4n) is 2.24. The summed E-state index contributed by atoms with van der Waals surface area (Å²) in [5.74, 6) is -0.907. The number of halogens is 3. The topological polar surface area (TPSA) is 49.4 Å². The monoisotopic (exact) mass is 300 g/mol. The third-order valence-electron chi connectivity index (χ3n) is 3.53. The Morgan fingerprint density at radius 2 is 2.00 bits per heavy atom. The SMILES string of the molecule is CC1(C)C(=O)NCCN1C(=O)c1cccc(C(F)(F)F)c1. The number of alkyl halides is 3. The highest BCUT2D eigenvalue weighted by atomic mass is 19.4. The molecule has 0 atom stereocenters. The Bertz CT molecular complexity index is 582. The van der Waals surface area contributed by atoms with Crippen molar-refractivity contribution < 1.29 is 22.8 Å². The minimum Gasteiger partial charge on any atom is -0.352 e. The van der Waals surface area contributed by atoms with Crippen molar-refractivity contribution >= 4 is 11.8 Å². The van der Waals surface area contributed by atoms with Crippen LogP contribution in [0.25, 0.3) is 0 Å². The third-order valence-corrected chi connectivity index (χ3v) is 3.53. The van der Waals surface area contributed by atoms with E-state index >= 15 is 0 Å². The molecule has 0 bridgehead atoms. The molecule has 1 fully saturated rings. The normalized spacial score (nSPS) is 18.3. The molecule has 2 amide bonds. The smallest absolute Gasteiger partial charge is 0.352 e. The summed E-state index contributed by atoms with van der Waals surface area (Å²) < 4.78 is 38.1. The summed E-state index contributed by atoms with van der Waals surface area (Å²) in [5, 5.41) is 2.63. The molecule has 1 N–H and O–H groups in total. The van der Waals surface area contributed by atoms with Gasteiger partial charge in [0.05, 0.1) is 5.56 Å². The van der Waals surface area contributed by atoms with Crippen LogP contribution in [0.5, 0.6) is 0 Å². The molecule has 2 rings (SSSR count). The Hall–Kier alpha value is -2.05. The molecule has 21 heavy (non-hydrogen) atoms. The minimum atomic E-state index is -4.51. The highest BCUT2D eigenvalue weighted by Gasteiger charge is 2.41. The molecule has 0 aromatic heterocycles. The second kappa shape index (κ2) is 5.05. The summed E-state index contributed by atoms with van der Waals surface area (Å²) in [7, 11) is 0. The summed E-state index contributed by atoms with van der Waals surface area (Å²) in [6.45, 7) is 3.67. The Labute approximate surface area is 119 Å². The molecule has 1 aromatic carbocycles. The van der Waals surface area contributed by atoms with E-state index in [1.165, 1.54) is 17.0 Å². The first kappa shape index (κ1) is 15.3. The zero-order chi connectivity index (χ0) is 15.8. The molecule has 4 nitrogen and oxygen atoms in total. The lowest BCUT2D eigenvalue weighted by molar-refractivity contribution is -0.137. The Kier molecular flexibility index (Phi) is 3.69. The van der Waals surface area contributed by atoms with Crippen molar-refractivity contribution in [1.29, 1.82) is 0 Å². The quantitative estimate of drug-likeness (QED) is 0.863. The van der Waals surface area contributed by atoms with Crippen LogP contribution >= 0.6 is 0 Å². The van der Waals surface area contributed by atoms with Gasteiger partial charge in [0.1, 0.15) is 5.54 Å². The zero-order valence-corrected chi connectivity index (χ0v) is 11.6. The van der Waals surface area contributed by atoms with Crippen molar-refractivity contribution in [3.8, 4) is 0 Å². The molecule has 1 aromatic rings. The van der Waals surface area contributed by atoms with Crippen molar-refractivity contribution in [3.05, 3.63) is 35.4 Å². The largest absolute Gasteiger partial charge is 0.416 e. The van der Waals surface area contributed by atoms with Crippen LogP contribution in [0.3, 0.4) is 0 Å². The Morgan fingerprint density at radius 3 is 2.62 bits per heavy atom. The van der Waals surface area contributed by atoms with Crippen LogP contribution < -0.4 is 5.32 Å². The standard InChI is InChI=1S/C14H15F3N2O2/c1-13(2)12(21)18-6-7-19(13)11(20)9-4-3-5-10(8-9)14(15,16)17/h3-5,8H,6-7H2,1-2H3,(H,18,21). The zero-order valence-electron chi connectivity index (χ0n) is 11.6. The van der Waals surface area contributed by atoms with Gasteiger partial charge in [-0.15, -0.1) is 0 Å². The predicted octanol–water partition coefficient (Wildman–Crippen LogP) is 2.06. The summed E-state index contributed by atoms with van der Waals surface area (Å²) in [6.07, 6.45) is -4.51. The van der Waals surface area contributed by atoms with E-state index in [2.05, 4.69) is 5.32 Å². The lowest BCUT2D eigenvalue weighted by atomic mass is 9.97. The lowest BCUT2D eigenvalue weighted by Crippen LogP contribution is -2.63. The maximum atomic E-state index is 12.7. The van der Waals surface area contributed by atoms with Gasteiger partial charge in [-0.1, -0.05) is 6.07 Å². The molecule has 114 valence electrons. The van der Waals surface area contributed by atoms with Crippen molar-refractivity contribution in [2.45, 2.75) is 25.6 Å². The number of carbonyl (C=O) groups is 2. The Balaban J connectivity index is 2.34. The number of nitrogens with one attached hydrogen (secondary N) is 1. The number of amides is 2. The van der Waals surface area contributed by atoms with Gasteiger partial charge in [-0.2, -0.15) is 13.2 Å². The number of rotatable bonds is 1. The Morgan fingerprint density at radius 1 is 1.33 bits per heavy atom. The number of hydrogen-bond acceptors (Lipinski definition) is 2. The third kappa shape index (κ3) is 2.86. The van der Waals surface area contributed by atoms with Crippen molar-refractivity contribution in [3.63, 3.8) is 0 Å². The molecule has 1 heterocycles. The summed E-state index contributed by atoms with van der Waals surface area (Å²) in [4.78, 5) is 25.5. The number of benzene rings is 1. The predicted molar refractivity (Wildman–Crippen MR) is 69.6 cm³/mol. The van der Waals surface area contributed by atoms with Crippen LogP contribution in [0.4, 0.5) is 13.2 Å². The molecule has 0 unspecified atom stereocenters. The van der Waals surface area contributed by atoms with E-state index in [1.807, 2.05) is 0 Å². The van der Waals surface area contributed by atoms with Crippen LogP contribution in [-0.2, 0) is 11.0 Å². The van der Waals surface area contributed by atoms with Crippen LogP contribution in [0.2, 0.25) is 0 Å². The first-order valence-corrected chi connectivity index (χ1v) is 6.41. The van der Waals surface area contributed by atoms with Gasteiger partial charge in [0.25, 0.3) is 5.91 Å². The molecule has 0 spiro atoms. The van der Waals surface area contributed by atoms with Crippen LogP contribution in [0.1, 0.15) is 29.8 Å². The molecule has 0 aliphatic carbocycles. The van der Waals surface area contributed by atoms with E-state index < -0.39 is 23.2 Å². The summed E-state index contributed by atoms with van der Waals surface area (Å²) in [6, 6.07) is 4.23. The molecular formula is C14H15F3N2O2. The van der Waals surface area contributed by atoms with E-state index in [1.54, 1.807) is 13.8 Å². The van der Waals surface area contributed by atoms with Gasteiger partial charge >= 0.3 is 6.18 Å². The van der Waals surface area contributed by atoms with Crippen LogP contribution in [-0.4, -0.2) is 35.3 Å². The highest BCUT2D eigenvalue weighted by Crippen LogP contribution is 2.30. The minimum absolute atomic E-state index is 0.0763. The highest BCUT2D eigenvalue weighted by molar-refractivity contribution is 5.99. The average molecular weight is 300 g/mol. The van der Waals surface area contributed by atoms with E-state index in [9.17, 15) is 22.8 Å². The van der Waals surface area contributed by atoms with Gasteiger partial charge in [0.15, 0.2) is 0 Å². The van der Waals surface area contributed by atoms with Gasteiger partial charge < -0.3 is 10.2 Å². The van der Waals surface area contributed by atoms with E-state index in [0.29, 0.717) is 0 Å².